The first-order chi connectivity index (χ1) is 9.20. The molecular weight excluding hydrogens is 244 g/mol. The van der Waals surface area contributed by atoms with E-state index in [0.717, 1.165) is 12.8 Å². The van der Waals surface area contributed by atoms with Gasteiger partial charge in [0, 0.05) is 11.6 Å². The van der Waals surface area contributed by atoms with Crippen LogP contribution in [0.5, 0.6) is 11.5 Å². The molecule has 1 heterocycles. The highest BCUT2D eigenvalue weighted by Gasteiger charge is 2.15. The zero-order valence-electron chi connectivity index (χ0n) is 11.1. The number of nitrogens with one attached hydrogen (secondary N) is 1. The van der Waals surface area contributed by atoms with Crippen molar-refractivity contribution in [2.24, 2.45) is 5.73 Å². The fourth-order valence-electron chi connectivity index (χ4n) is 1.99. The summed E-state index contributed by atoms with van der Waals surface area (Å²) in [4.78, 5) is 12.1. The van der Waals surface area contributed by atoms with Crippen LogP contribution in [0.15, 0.2) is 18.2 Å². The fraction of sp³-hybridized carbons (Fsp3) is 0.500. The molecule has 5 nitrogen and oxygen atoms in total. The van der Waals surface area contributed by atoms with Gasteiger partial charge >= 0.3 is 0 Å². The van der Waals surface area contributed by atoms with E-state index in [1.165, 1.54) is 0 Å². The summed E-state index contributed by atoms with van der Waals surface area (Å²) in [5.41, 5.74) is 6.04. The molecule has 1 atom stereocenters. The number of carbonyl (C=O) groups excluding carboxylic acids is 1. The summed E-state index contributed by atoms with van der Waals surface area (Å²) in [7, 11) is 0. The van der Waals surface area contributed by atoms with E-state index in [0.29, 0.717) is 36.8 Å². The van der Waals surface area contributed by atoms with Crippen LogP contribution in [0.2, 0.25) is 0 Å². The molecule has 0 bridgehead atoms. The van der Waals surface area contributed by atoms with Gasteiger partial charge in [-0.2, -0.15) is 0 Å². The molecule has 0 aromatic heterocycles. The largest absolute Gasteiger partial charge is 0.486 e. The van der Waals surface area contributed by atoms with E-state index in [-0.39, 0.29) is 11.9 Å². The van der Waals surface area contributed by atoms with E-state index < -0.39 is 0 Å². The number of carbonyl (C=O) groups is 1. The Labute approximate surface area is 113 Å². The Kier molecular flexibility index (Phi) is 4.63. The van der Waals surface area contributed by atoms with E-state index in [1.54, 1.807) is 18.2 Å². The summed E-state index contributed by atoms with van der Waals surface area (Å²) in [5, 5.41) is 2.95. The van der Waals surface area contributed by atoms with Crippen LogP contribution in [-0.4, -0.2) is 31.7 Å². The van der Waals surface area contributed by atoms with Gasteiger partial charge in [-0.1, -0.05) is 0 Å². The maximum Gasteiger partial charge on any atom is 0.251 e. The van der Waals surface area contributed by atoms with Crippen LogP contribution in [0.1, 0.15) is 30.1 Å². The summed E-state index contributed by atoms with van der Waals surface area (Å²) < 4.78 is 10.9. The van der Waals surface area contributed by atoms with Gasteiger partial charge in [0.25, 0.3) is 5.91 Å². The van der Waals surface area contributed by atoms with Gasteiger partial charge in [0.1, 0.15) is 13.2 Å². The zero-order chi connectivity index (χ0) is 13.7. The first kappa shape index (κ1) is 13.7. The Morgan fingerprint density at radius 3 is 2.84 bits per heavy atom. The minimum absolute atomic E-state index is 0.0958. The van der Waals surface area contributed by atoms with Gasteiger partial charge in [-0.15, -0.1) is 0 Å². The highest BCUT2D eigenvalue weighted by atomic mass is 16.6. The zero-order valence-corrected chi connectivity index (χ0v) is 11.1. The van der Waals surface area contributed by atoms with Gasteiger partial charge < -0.3 is 20.5 Å². The second-order valence-corrected chi connectivity index (χ2v) is 4.66. The third-order valence-electron chi connectivity index (χ3n) is 3.02. The minimum Gasteiger partial charge on any atom is -0.486 e. The Morgan fingerprint density at radius 2 is 2.11 bits per heavy atom. The molecule has 1 aromatic carbocycles. The molecule has 0 saturated carbocycles. The number of hydrogen-bond acceptors (Lipinski definition) is 4. The maximum absolute atomic E-state index is 12.1. The van der Waals surface area contributed by atoms with Crippen LogP contribution in [0, 0.1) is 0 Å². The standard InChI is InChI=1S/C14H20N2O3/c1-10(3-2-6-15)16-14(17)11-4-5-12-13(9-11)19-8-7-18-12/h4-5,9-10H,2-3,6-8,15H2,1H3,(H,16,17). The van der Waals surface area contributed by atoms with Crippen molar-refractivity contribution < 1.29 is 14.3 Å². The predicted molar refractivity (Wildman–Crippen MR) is 72.6 cm³/mol. The molecule has 1 aromatic rings. The quantitative estimate of drug-likeness (QED) is 0.841. The molecule has 0 saturated heterocycles. The summed E-state index contributed by atoms with van der Waals surface area (Å²) in [6.45, 7) is 3.69. The van der Waals surface area contributed by atoms with E-state index in [9.17, 15) is 4.79 Å². The topological polar surface area (TPSA) is 73.6 Å². The van der Waals surface area contributed by atoms with Crippen LogP contribution in [0.4, 0.5) is 0 Å². The van der Waals surface area contributed by atoms with E-state index in [2.05, 4.69) is 5.32 Å². The monoisotopic (exact) mass is 264 g/mol. The average Bonchev–Trinajstić information content (AvgIpc) is 2.44. The average molecular weight is 264 g/mol. The van der Waals surface area contributed by atoms with E-state index >= 15 is 0 Å². The summed E-state index contributed by atoms with van der Waals surface area (Å²) in [5.74, 6) is 1.23. The van der Waals surface area contributed by atoms with Crippen molar-refractivity contribution in [1.29, 1.82) is 0 Å². The number of benzene rings is 1. The smallest absolute Gasteiger partial charge is 0.251 e. The van der Waals surface area contributed by atoms with Crippen molar-refractivity contribution in [3.63, 3.8) is 0 Å². The maximum atomic E-state index is 12.1. The van der Waals surface area contributed by atoms with Crippen molar-refractivity contribution in [2.75, 3.05) is 19.8 Å². The van der Waals surface area contributed by atoms with Crippen molar-refractivity contribution in [3.8, 4) is 11.5 Å². The van der Waals surface area contributed by atoms with Crippen LogP contribution in [-0.2, 0) is 0 Å². The first-order valence-electron chi connectivity index (χ1n) is 6.61. The molecule has 1 aliphatic rings. The van der Waals surface area contributed by atoms with Gasteiger partial charge in [0.15, 0.2) is 11.5 Å². The second kappa shape index (κ2) is 6.43. The lowest BCUT2D eigenvalue weighted by atomic mass is 10.1. The highest BCUT2D eigenvalue weighted by Crippen LogP contribution is 2.30. The number of fused-ring (bicyclic) bond motifs is 1. The van der Waals surface area contributed by atoms with Crippen molar-refractivity contribution in [3.05, 3.63) is 23.8 Å². The summed E-state index contributed by atoms with van der Waals surface area (Å²) in [6, 6.07) is 5.36. The number of rotatable bonds is 5. The van der Waals surface area contributed by atoms with Gasteiger partial charge in [-0.25, -0.2) is 0 Å². The molecule has 0 fully saturated rings. The number of hydrogen-bond donors (Lipinski definition) is 2. The molecule has 3 N–H and O–H groups in total. The third-order valence-corrected chi connectivity index (χ3v) is 3.02. The summed E-state index contributed by atoms with van der Waals surface area (Å²) in [6.07, 6.45) is 1.79. The lowest BCUT2D eigenvalue weighted by Gasteiger charge is -2.19. The van der Waals surface area contributed by atoms with E-state index in [1.807, 2.05) is 6.92 Å². The Hall–Kier alpha value is -1.75. The molecule has 1 aliphatic heterocycles. The Bertz CT molecular complexity index is 448. The molecule has 104 valence electrons. The number of ether oxygens (including phenoxy) is 2. The predicted octanol–water partition coefficient (Wildman–Crippen LogP) is 1.31. The molecule has 19 heavy (non-hydrogen) atoms. The minimum atomic E-state index is -0.0958. The molecule has 0 aliphatic carbocycles. The lowest BCUT2D eigenvalue weighted by molar-refractivity contribution is 0.0937. The molecule has 5 heteroatoms. The van der Waals surface area contributed by atoms with Crippen molar-refractivity contribution >= 4 is 5.91 Å². The fourth-order valence-corrected chi connectivity index (χ4v) is 1.99. The highest BCUT2D eigenvalue weighted by molar-refractivity contribution is 5.95. The second-order valence-electron chi connectivity index (χ2n) is 4.66. The van der Waals surface area contributed by atoms with Gasteiger partial charge in [-0.05, 0) is 44.5 Å². The van der Waals surface area contributed by atoms with Crippen molar-refractivity contribution in [2.45, 2.75) is 25.8 Å². The molecule has 0 radical (unpaired) electrons. The van der Waals surface area contributed by atoms with Crippen LogP contribution in [0.3, 0.4) is 0 Å². The van der Waals surface area contributed by atoms with Crippen molar-refractivity contribution in [1.82, 2.24) is 5.32 Å². The van der Waals surface area contributed by atoms with Gasteiger partial charge in [0.2, 0.25) is 0 Å². The van der Waals surface area contributed by atoms with Crippen LogP contribution < -0.4 is 20.5 Å². The first-order valence-corrected chi connectivity index (χ1v) is 6.61. The number of amides is 1. The Morgan fingerprint density at radius 1 is 1.37 bits per heavy atom. The SMILES string of the molecule is CC(CCCN)NC(=O)c1ccc2c(c1)OCCO2. The molecule has 1 unspecified atom stereocenters. The number of nitrogens with two attached hydrogens (primary N) is 1. The van der Waals surface area contributed by atoms with Gasteiger partial charge in [0.05, 0.1) is 0 Å². The molecule has 0 spiro atoms. The van der Waals surface area contributed by atoms with Crippen LogP contribution >= 0.6 is 0 Å². The van der Waals surface area contributed by atoms with Gasteiger partial charge in [-0.3, -0.25) is 4.79 Å². The summed E-state index contributed by atoms with van der Waals surface area (Å²) >= 11 is 0. The van der Waals surface area contributed by atoms with Crippen LogP contribution in [0.25, 0.3) is 0 Å². The lowest BCUT2D eigenvalue weighted by Crippen LogP contribution is -2.33. The third kappa shape index (κ3) is 3.61. The molecule has 2 rings (SSSR count). The Balaban J connectivity index is 1.99. The molecule has 1 amide bonds. The normalized spacial score (nSPS) is 14.8. The molecular formula is C14H20N2O3. The van der Waals surface area contributed by atoms with E-state index in [4.69, 9.17) is 15.2 Å².